The summed E-state index contributed by atoms with van der Waals surface area (Å²) < 4.78 is 51.3. The number of rotatable bonds is 4. The quantitative estimate of drug-likeness (QED) is 0.391. The van der Waals surface area contributed by atoms with Crippen molar-refractivity contribution in [3.8, 4) is 28.3 Å². The van der Waals surface area contributed by atoms with Crippen LogP contribution < -0.4 is 15.8 Å². The van der Waals surface area contributed by atoms with Crippen molar-refractivity contribution in [3.63, 3.8) is 0 Å². The molecule has 0 saturated heterocycles. The number of carbonyl (C=O) groups excluding carboxylic acids is 1. The summed E-state index contributed by atoms with van der Waals surface area (Å²) in [6.45, 7) is 3.81. The van der Waals surface area contributed by atoms with E-state index in [0.717, 1.165) is 17.8 Å². The van der Waals surface area contributed by atoms with Gasteiger partial charge in [-0.05, 0) is 55.8 Å². The van der Waals surface area contributed by atoms with Crippen LogP contribution in [0.2, 0.25) is 0 Å². The Morgan fingerprint density at radius 1 is 1.08 bits per heavy atom. The van der Waals surface area contributed by atoms with E-state index in [-0.39, 0.29) is 23.0 Å². The van der Waals surface area contributed by atoms with Gasteiger partial charge in [-0.1, -0.05) is 0 Å². The van der Waals surface area contributed by atoms with Gasteiger partial charge in [0.25, 0.3) is 5.91 Å². The fourth-order valence-electron chi connectivity index (χ4n) is 4.02. The highest BCUT2D eigenvalue weighted by atomic mass is 19.4. The fraction of sp³-hybridized carbons (Fsp3) is 0.200. The van der Waals surface area contributed by atoms with Gasteiger partial charge in [0.1, 0.15) is 29.1 Å². The van der Waals surface area contributed by atoms with Crippen molar-refractivity contribution in [2.75, 3.05) is 11.1 Å². The second-order valence-corrected chi connectivity index (χ2v) is 8.93. The van der Waals surface area contributed by atoms with E-state index in [1.54, 1.807) is 24.3 Å². The number of nitrogen functional groups attached to an aromatic ring is 1. The van der Waals surface area contributed by atoms with Crippen LogP contribution in [0.3, 0.4) is 0 Å². The van der Waals surface area contributed by atoms with E-state index in [1.165, 1.54) is 18.5 Å². The number of halogens is 3. The molecule has 1 aromatic carbocycles. The molecular weight excluding hydrogens is 475 g/mol. The topological polar surface area (TPSA) is 116 Å². The molecule has 0 spiro atoms. The number of ether oxygens (including phenoxy) is 1. The van der Waals surface area contributed by atoms with Crippen molar-refractivity contribution in [1.29, 1.82) is 0 Å². The number of carbonyl (C=O) groups is 1. The molecule has 0 bridgehead atoms. The molecule has 0 radical (unpaired) electrons. The van der Waals surface area contributed by atoms with Gasteiger partial charge in [0, 0.05) is 41.2 Å². The van der Waals surface area contributed by atoms with Crippen LogP contribution in [0.5, 0.6) is 5.75 Å². The van der Waals surface area contributed by atoms with Crippen LogP contribution >= 0.6 is 0 Å². The van der Waals surface area contributed by atoms with E-state index < -0.39 is 23.4 Å². The Balaban J connectivity index is 1.52. The first kappa shape index (κ1) is 23.3. The van der Waals surface area contributed by atoms with Crippen LogP contribution in [0.4, 0.5) is 24.7 Å². The van der Waals surface area contributed by atoms with Crippen molar-refractivity contribution in [3.05, 3.63) is 72.0 Å². The number of alkyl halides is 3. The van der Waals surface area contributed by atoms with Gasteiger partial charge in [-0.2, -0.15) is 13.2 Å². The van der Waals surface area contributed by atoms with Crippen molar-refractivity contribution < 1.29 is 27.1 Å². The van der Waals surface area contributed by atoms with Crippen LogP contribution in [-0.4, -0.2) is 26.5 Å². The zero-order valence-corrected chi connectivity index (χ0v) is 19.2. The molecule has 1 aliphatic rings. The Morgan fingerprint density at radius 2 is 1.83 bits per heavy atom. The summed E-state index contributed by atoms with van der Waals surface area (Å²) in [6.07, 6.45) is -0.310. The molecule has 4 aromatic rings. The molecule has 0 atom stereocenters. The predicted molar refractivity (Wildman–Crippen MR) is 125 cm³/mol. The lowest BCUT2D eigenvalue weighted by atomic mass is 9.97. The van der Waals surface area contributed by atoms with Crippen LogP contribution in [0.25, 0.3) is 22.6 Å². The van der Waals surface area contributed by atoms with Crippen LogP contribution in [-0.2, 0) is 12.6 Å². The smallest absolute Gasteiger partial charge is 0.433 e. The lowest BCUT2D eigenvalue weighted by Gasteiger charge is -2.17. The van der Waals surface area contributed by atoms with Gasteiger partial charge in [-0.3, -0.25) is 9.78 Å². The standard InChI is InChI=1S/C25H20F3N5O3/c1-24(2)11-15-7-17(16(10-19(15)36-24)13-3-5-30-20(8-13)25(26,27)28)32-22(34)18-12-35-23(33-18)14-4-6-31-21(29)9-14/h3-10,12H,11H2,1-2H3,(H2,29,31)(H,32,34). The SMILES string of the molecule is CC1(C)Cc2cc(NC(=O)c3coc(-c4ccnc(N)c4)n3)c(-c3ccnc(C(F)(F)F)c3)cc2O1. The minimum absolute atomic E-state index is 0.0193. The summed E-state index contributed by atoms with van der Waals surface area (Å²) in [5.74, 6) is 0.372. The van der Waals surface area contributed by atoms with Gasteiger partial charge in [0.2, 0.25) is 5.89 Å². The number of nitrogens with two attached hydrogens (primary N) is 1. The number of amides is 1. The van der Waals surface area contributed by atoms with Gasteiger partial charge in [0.15, 0.2) is 5.69 Å². The summed E-state index contributed by atoms with van der Waals surface area (Å²) in [5, 5.41) is 2.76. The fourth-order valence-corrected chi connectivity index (χ4v) is 4.02. The monoisotopic (exact) mass is 495 g/mol. The number of nitrogens with one attached hydrogen (secondary N) is 1. The molecule has 11 heteroatoms. The number of fused-ring (bicyclic) bond motifs is 1. The number of aromatic nitrogens is 3. The molecule has 3 aromatic heterocycles. The number of pyridine rings is 2. The Morgan fingerprint density at radius 3 is 2.58 bits per heavy atom. The minimum atomic E-state index is -4.62. The molecule has 1 amide bonds. The number of oxazole rings is 1. The third-order valence-corrected chi connectivity index (χ3v) is 5.58. The summed E-state index contributed by atoms with van der Waals surface area (Å²) in [5.41, 5.74) is 6.36. The third kappa shape index (κ3) is 4.59. The van der Waals surface area contributed by atoms with Gasteiger partial charge in [-0.25, -0.2) is 9.97 Å². The van der Waals surface area contributed by atoms with Gasteiger partial charge >= 0.3 is 6.18 Å². The molecule has 4 heterocycles. The highest BCUT2D eigenvalue weighted by Gasteiger charge is 2.34. The van der Waals surface area contributed by atoms with E-state index in [0.29, 0.717) is 29.0 Å². The van der Waals surface area contributed by atoms with Crippen LogP contribution in [0, 0.1) is 0 Å². The average molecular weight is 495 g/mol. The van der Waals surface area contributed by atoms with Crippen molar-refractivity contribution >= 4 is 17.4 Å². The Labute approximate surface area is 203 Å². The molecule has 36 heavy (non-hydrogen) atoms. The molecular formula is C25H20F3N5O3. The van der Waals surface area contributed by atoms with Crippen molar-refractivity contribution in [2.45, 2.75) is 32.0 Å². The van der Waals surface area contributed by atoms with Crippen molar-refractivity contribution in [1.82, 2.24) is 15.0 Å². The van der Waals surface area contributed by atoms with Gasteiger partial charge in [-0.15, -0.1) is 0 Å². The van der Waals surface area contributed by atoms with Crippen LogP contribution in [0.1, 0.15) is 35.6 Å². The summed E-state index contributed by atoms with van der Waals surface area (Å²) in [7, 11) is 0. The summed E-state index contributed by atoms with van der Waals surface area (Å²) in [4.78, 5) is 24.6. The highest BCUT2D eigenvalue weighted by molar-refractivity contribution is 6.05. The number of anilines is 2. The number of benzene rings is 1. The summed E-state index contributed by atoms with van der Waals surface area (Å²) in [6, 6.07) is 8.88. The zero-order valence-electron chi connectivity index (χ0n) is 19.2. The minimum Gasteiger partial charge on any atom is -0.487 e. The maximum absolute atomic E-state index is 13.3. The predicted octanol–water partition coefficient (Wildman–Crippen LogP) is 5.37. The van der Waals surface area contributed by atoms with E-state index in [4.69, 9.17) is 14.9 Å². The first-order valence-electron chi connectivity index (χ1n) is 10.9. The Hall–Kier alpha value is -4.41. The van der Waals surface area contributed by atoms with E-state index in [9.17, 15) is 18.0 Å². The molecule has 0 fully saturated rings. The zero-order chi connectivity index (χ0) is 25.7. The first-order chi connectivity index (χ1) is 17.0. The average Bonchev–Trinajstić information content (AvgIpc) is 3.41. The molecule has 0 saturated carbocycles. The second kappa shape index (κ2) is 8.36. The highest BCUT2D eigenvalue weighted by Crippen LogP contribution is 2.42. The molecule has 8 nitrogen and oxygen atoms in total. The molecule has 0 unspecified atom stereocenters. The molecule has 3 N–H and O–H groups in total. The summed E-state index contributed by atoms with van der Waals surface area (Å²) >= 11 is 0. The number of hydrogen-bond donors (Lipinski definition) is 2. The van der Waals surface area contributed by atoms with Gasteiger partial charge in [0.05, 0.1) is 0 Å². The maximum atomic E-state index is 13.3. The Bertz CT molecular complexity index is 1480. The molecule has 5 rings (SSSR count). The third-order valence-electron chi connectivity index (χ3n) is 5.58. The lowest BCUT2D eigenvalue weighted by molar-refractivity contribution is -0.141. The largest absolute Gasteiger partial charge is 0.487 e. The van der Waals surface area contributed by atoms with E-state index in [2.05, 4.69) is 20.3 Å². The van der Waals surface area contributed by atoms with Gasteiger partial charge < -0.3 is 20.2 Å². The van der Waals surface area contributed by atoms with E-state index >= 15 is 0 Å². The number of nitrogens with zero attached hydrogens (tertiary/aromatic N) is 3. The normalized spacial score (nSPS) is 14.2. The molecule has 184 valence electrons. The Kier molecular flexibility index (Phi) is 5.42. The second-order valence-electron chi connectivity index (χ2n) is 8.93. The lowest BCUT2D eigenvalue weighted by Crippen LogP contribution is -2.24. The maximum Gasteiger partial charge on any atom is 0.433 e. The first-order valence-corrected chi connectivity index (χ1v) is 10.9. The molecule has 0 aliphatic carbocycles. The molecule has 1 aliphatic heterocycles. The number of hydrogen-bond acceptors (Lipinski definition) is 7. The van der Waals surface area contributed by atoms with Crippen LogP contribution in [0.15, 0.2) is 59.5 Å². The van der Waals surface area contributed by atoms with Crippen molar-refractivity contribution in [2.24, 2.45) is 0 Å². The van der Waals surface area contributed by atoms with E-state index in [1.807, 2.05) is 13.8 Å².